The largest absolute Gasteiger partial charge is 0.385 e. The van der Waals surface area contributed by atoms with E-state index in [1.165, 1.54) is 5.56 Å². The van der Waals surface area contributed by atoms with Crippen LogP contribution in [0.15, 0.2) is 24.3 Å². The molecule has 0 saturated heterocycles. The number of benzene rings is 1. The van der Waals surface area contributed by atoms with Crippen molar-refractivity contribution >= 4 is 23.5 Å². The highest BCUT2D eigenvalue weighted by atomic mass is 16.2. The number of rotatable bonds is 1. The predicted octanol–water partition coefficient (Wildman–Crippen LogP) is 2.97. The average molecular weight is 308 g/mol. The summed E-state index contributed by atoms with van der Waals surface area (Å²) in [5.74, 6) is 0.310. The van der Waals surface area contributed by atoms with E-state index >= 15 is 0 Å². The molecule has 5 nitrogen and oxygen atoms in total. The molecule has 5 heteroatoms. The number of hydrogen-bond donors (Lipinski definition) is 2. The van der Waals surface area contributed by atoms with Crippen LogP contribution < -0.4 is 11.1 Å². The lowest BCUT2D eigenvalue weighted by molar-refractivity contribution is 0.0853. The summed E-state index contributed by atoms with van der Waals surface area (Å²) in [4.78, 5) is 13.2. The molecule has 1 unspecified atom stereocenters. The smallest absolute Gasteiger partial charge is 0.254 e. The fraction of sp³-hybridized carbons (Fsp3) is 0.333. The van der Waals surface area contributed by atoms with Gasteiger partial charge in [-0.05, 0) is 37.3 Å². The Morgan fingerprint density at radius 1 is 1.43 bits per heavy atom. The molecule has 1 aromatic carbocycles. The number of nitrogens with one attached hydrogen (secondary N) is 1. The molecule has 4 rings (SSSR count). The summed E-state index contributed by atoms with van der Waals surface area (Å²) in [6.07, 6.45) is 6.57. The average Bonchev–Trinajstić information content (AvgIpc) is 2.92. The lowest BCUT2D eigenvalue weighted by Gasteiger charge is -2.27. The van der Waals surface area contributed by atoms with E-state index < -0.39 is 0 Å². The maximum Gasteiger partial charge on any atom is 0.254 e. The quantitative estimate of drug-likeness (QED) is 0.849. The fourth-order valence-corrected chi connectivity index (χ4v) is 3.63. The first-order valence-electron chi connectivity index (χ1n) is 8.08. The van der Waals surface area contributed by atoms with Crippen LogP contribution in [-0.2, 0) is 6.42 Å². The van der Waals surface area contributed by atoms with Crippen LogP contribution in [0, 0.1) is 6.92 Å². The van der Waals surface area contributed by atoms with Crippen molar-refractivity contribution < 1.29 is 4.79 Å². The number of aromatic nitrogens is 2. The van der Waals surface area contributed by atoms with Gasteiger partial charge in [-0.15, -0.1) is 5.10 Å². The number of nitrogens with zero attached hydrogens (tertiary/aromatic N) is 2. The zero-order valence-electron chi connectivity index (χ0n) is 13.2. The second-order valence-electron chi connectivity index (χ2n) is 6.24. The van der Waals surface area contributed by atoms with Gasteiger partial charge in [0.15, 0.2) is 5.82 Å². The highest BCUT2D eigenvalue weighted by molar-refractivity contribution is 5.90. The molecule has 2 aromatic rings. The number of aryl methyl sites for hydroxylation is 1. The van der Waals surface area contributed by atoms with E-state index in [0.29, 0.717) is 5.82 Å². The van der Waals surface area contributed by atoms with Crippen molar-refractivity contribution in [3.63, 3.8) is 0 Å². The minimum Gasteiger partial charge on any atom is -0.385 e. The Hall–Kier alpha value is -2.56. The van der Waals surface area contributed by atoms with Crippen molar-refractivity contribution in [2.45, 2.75) is 32.1 Å². The molecule has 1 aromatic heterocycles. The fourth-order valence-electron chi connectivity index (χ4n) is 3.63. The molecule has 0 spiro atoms. The summed E-state index contributed by atoms with van der Waals surface area (Å²) >= 11 is 0. The third-order valence-electron chi connectivity index (χ3n) is 4.80. The Labute approximate surface area is 135 Å². The number of hydrogen-bond acceptors (Lipinski definition) is 4. The monoisotopic (exact) mass is 308 g/mol. The van der Waals surface area contributed by atoms with Gasteiger partial charge in [0.1, 0.15) is 0 Å². The summed E-state index contributed by atoms with van der Waals surface area (Å²) in [6, 6.07) is 6.12. The summed E-state index contributed by atoms with van der Waals surface area (Å²) in [5, 5.41) is 7.75. The van der Waals surface area contributed by atoms with Crippen LogP contribution in [0.25, 0.3) is 6.08 Å². The van der Waals surface area contributed by atoms with E-state index in [1.54, 1.807) is 4.68 Å². The number of para-hydroxylation sites is 1. The normalized spacial score (nSPS) is 18.9. The van der Waals surface area contributed by atoms with E-state index in [-0.39, 0.29) is 11.8 Å². The molecule has 0 bridgehead atoms. The molecule has 0 saturated carbocycles. The standard InChI is InChI=1S/C18H20N4O/c1-11-5-4-7-12-13(9-10-20-16(11)12)18(23)22-15-8-3-2-6-14(15)17(19)21-22/h2,4-7,13,20H,3,8-10H2,1H3,(H2,19,21). The van der Waals surface area contributed by atoms with Gasteiger partial charge in [0, 0.05) is 17.8 Å². The molecule has 2 aliphatic rings. The van der Waals surface area contributed by atoms with E-state index in [0.717, 1.165) is 48.3 Å². The summed E-state index contributed by atoms with van der Waals surface area (Å²) < 4.78 is 1.55. The maximum absolute atomic E-state index is 13.2. The summed E-state index contributed by atoms with van der Waals surface area (Å²) in [5.41, 5.74) is 11.2. The minimum atomic E-state index is -0.166. The van der Waals surface area contributed by atoms with Crippen LogP contribution in [0.2, 0.25) is 0 Å². The van der Waals surface area contributed by atoms with Gasteiger partial charge in [-0.25, -0.2) is 4.68 Å². The molecule has 118 valence electrons. The zero-order valence-corrected chi connectivity index (χ0v) is 13.2. The Balaban J connectivity index is 1.78. The third-order valence-corrected chi connectivity index (χ3v) is 4.80. The van der Waals surface area contributed by atoms with Crippen LogP contribution in [0.3, 0.4) is 0 Å². The van der Waals surface area contributed by atoms with Crippen LogP contribution in [0.4, 0.5) is 11.5 Å². The van der Waals surface area contributed by atoms with Crippen LogP contribution >= 0.6 is 0 Å². The highest BCUT2D eigenvalue weighted by Gasteiger charge is 2.31. The SMILES string of the molecule is Cc1cccc2c1NCCC2C(=O)n1nc(N)c2c1CCC=C2. The van der Waals surface area contributed by atoms with Gasteiger partial charge in [-0.1, -0.05) is 30.4 Å². The highest BCUT2D eigenvalue weighted by Crippen LogP contribution is 2.36. The van der Waals surface area contributed by atoms with Crippen molar-refractivity contribution in [2.24, 2.45) is 0 Å². The molecule has 3 N–H and O–H groups in total. The minimum absolute atomic E-state index is 0.0293. The maximum atomic E-state index is 13.2. The molecular formula is C18H20N4O. The van der Waals surface area contributed by atoms with Crippen molar-refractivity contribution in [3.8, 4) is 0 Å². The third kappa shape index (κ3) is 2.15. The number of carbonyl (C=O) groups excluding carboxylic acids is 1. The van der Waals surface area contributed by atoms with Gasteiger partial charge in [0.05, 0.1) is 11.6 Å². The van der Waals surface area contributed by atoms with Crippen molar-refractivity contribution in [2.75, 3.05) is 17.6 Å². The number of nitrogen functional groups attached to an aromatic ring is 1. The van der Waals surface area contributed by atoms with Gasteiger partial charge in [0.2, 0.25) is 0 Å². The number of carbonyl (C=O) groups is 1. The molecule has 1 atom stereocenters. The van der Waals surface area contributed by atoms with Crippen molar-refractivity contribution in [3.05, 3.63) is 46.7 Å². The molecule has 1 aliphatic carbocycles. The number of allylic oxidation sites excluding steroid dienone is 1. The lowest BCUT2D eigenvalue weighted by Crippen LogP contribution is -2.29. The zero-order chi connectivity index (χ0) is 16.0. The van der Waals surface area contributed by atoms with E-state index in [2.05, 4.69) is 29.5 Å². The first-order chi connectivity index (χ1) is 11.2. The molecule has 1 aliphatic heterocycles. The first kappa shape index (κ1) is 14.1. The van der Waals surface area contributed by atoms with Crippen LogP contribution in [-0.4, -0.2) is 22.2 Å². The topological polar surface area (TPSA) is 72.9 Å². The van der Waals surface area contributed by atoms with Gasteiger partial charge in [0.25, 0.3) is 5.91 Å². The van der Waals surface area contributed by atoms with Gasteiger partial charge in [-0.3, -0.25) is 4.79 Å². The molecule has 0 radical (unpaired) electrons. The summed E-state index contributed by atoms with van der Waals surface area (Å²) in [7, 11) is 0. The number of fused-ring (bicyclic) bond motifs is 2. The predicted molar refractivity (Wildman–Crippen MR) is 91.6 cm³/mol. The van der Waals surface area contributed by atoms with Crippen molar-refractivity contribution in [1.29, 1.82) is 0 Å². The molecule has 0 fully saturated rings. The van der Waals surface area contributed by atoms with E-state index in [9.17, 15) is 4.79 Å². The Morgan fingerprint density at radius 2 is 2.30 bits per heavy atom. The Bertz CT molecular complexity index is 819. The molecule has 0 amide bonds. The second kappa shape index (κ2) is 5.26. The Morgan fingerprint density at radius 3 is 3.17 bits per heavy atom. The van der Waals surface area contributed by atoms with E-state index in [1.807, 2.05) is 18.2 Å². The van der Waals surface area contributed by atoms with Crippen molar-refractivity contribution in [1.82, 2.24) is 9.78 Å². The van der Waals surface area contributed by atoms with E-state index in [4.69, 9.17) is 5.73 Å². The van der Waals surface area contributed by atoms with Crippen LogP contribution in [0.5, 0.6) is 0 Å². The van der Waals surface area contributed by atoms with Gasteiger partial charge < -0.3 is 11.1 Å². The molecule has 23 heavy (non-hydrogen) atoms. The number of nitrogens with two attached hydrogens (primary N) is 1. The Kier molecular flexibility index (Phi) is 3.22. The molecule has 2 heterocycles. The van der Waals surface area contributed by atoms with Crippen LogP contribution in [0.1, 0.15) is 45.9 Å². The molecular weight excluding hydrogens is 288 g/mol. The van der Waals surface area contributed by atoms with Gasteiger partial charge in [-0.2, -0.15) is 0 Å². The lowest BCUT2D eigenvalue weighted by atomic mass is 9.88. The number of anilines is 2. The van der Waals surface area contributed by atoms with Gasteiger partial charge >= 0.3 is 0 Å². The summed E-state index contributed by atoms with van der Waals surface area (Å²) in [6.45, 7) is 2.87. The first-order valence-corrected chi connectivity index (χ1v) is 8.08. The second-order valence-corrected chi connectivity index (χ2v) is 6.24.